The molecule has 2 aromatic rings. The van der Waals surface area contributed by atoms with Crippen LogP contribution in [0.1, 0.15) is 17.5 Å². The Hall–Kier alpha value is -2.00. The Labute approximate surface area is 130 Å². The van der Waals surface area contributed by atoms with Gasteiger partial charge in [-0.25, -0.2) is 0 Å². The van der Waals surface area contributed by atoms with Gasteiger partial charge in [-0.15, -0.1) is 0 Å². The monoisotopic (exact) mass is 302 g/mol. The van der Waals surface area contributed by atoms with Crippen LogP contribution in [-0.2, 0) is 4.79 Å². The van der Waals surface area contributed by atoms with Gasteiger partial charge in [-0.1, -0.05) is 17.7 Å². The number of carbonyl (C=O) groups is 1. The molecule has 0 atom stereocenters. The van der Waals surface area contributed by atoms with Gasteiger partial charge in [0.15, 0.2) is 0 Å². The normalized spacial score (nSPS) is 10.2. The molecule has 110 valence electrons. The maximum Gasteiger partial charge on any atom is 0.226 e. The summed E-state index contributed by atoms with van der Waals surface area (Å²) < 4.78 is 0. The van der Waals surface area contributed by atoms with Crippen LogP contribution in [-0.4, -0.2) is 12.5 Å². The lowest BCUT2D eigenvalue weighted by molar-refractivity contribution is -0.115. The van der Waals surface area contributed by atoms with Crippen LogP contribution >= 0.6 is 11.6 Å². The first-order chi connectivity index (χ1) is 10.0. The van der Waals surface area contributed by atoms with E-state index in [-0.39, 0.29) is 5.91 Å². The summed E-state index contributed by atoms with van der Waals surface area (Å²) in [6.07, 6.45) is 0.412. The van der Waals surface area contributed by atoms with E-state index >= 15 is 0 Å². The van der Waals surface area contributed by atoms with Gasteiger partial charge in [0.1, 0.15) is 0 Å². The highest BCUT2D eigenvalue weighted by molar-refractivity contribution is 6.30. The largest absolute Gasteiger partial charge is 0.385 e. The zero-order valence-corrected chi connectivity index (χ0v) is 13.0. The number of hydrogen-bond donors (Lipinski definition) is 2. The molecule has 1 amide bonds. The summed E-state index contributed by atoms with van der Waals surface area (Å²) in [6.45, 7) is 4.62. The van der Waals surface area contributed by atoms with Gasteiger partial charge in [-0.05, 0) is 61.4 Å². The average Bonchev–Trinajstić information content (AvgIpc) is 2.39. The number of aryl methyl sites for hydroxylation is 2. The van der Waals surface area contributed by atoms with E-state index < -0.39 is 0 Å². The second kappa shape index (κ2) is 7.14. The van der Waals surface area contributed by atoms with E-state index in [2.05, 4.69) is 16.7 Å². The highest BCUT2D eigenvalue weighted by Crippen LogP contribution is 2.15. The van der Waals surface area contributed by atoms with E-state index in [0.717, 1.165) is 22.5 Å². The summed E-state index contributed by atoms with van der Waals surface area (Å²) >= 11 is 5.82. The second-order valence-corrected chi connectivity index (χ2v) is 5.54. The minimum absolute atomic E-state index is 0.00136. The molecule has 2 aromatic carbocycles. The molecule has 0 fully saturated rings. The molecule has 3 nitrogen and oxygen atoms in total. The van der Waals surface area contributed by atoms with Gasteiger partial charge in [0, 0.05) is 29.4 Å². The molecule has 0 spiro atoms. The van der Waals surface area contributed by atoms with Crippen molar-refractivity contribution in [2.24, 2.45) is 0 Å². The summed E-state index contributed by atoms with van der Waals surface area (Å²) in [6, 6.07) is 13.4. The van der Waals surface area contributed by atoms with Crippen LogP contribution < -0.4 is 10.6 Å². The molecule has 0 bridgehead atoms. The summed E-state index contributed by atoms with van der Waals surface area (Å²) in [5, 5.41) is 6.81. The van der Waals surface area contributed by atoms with E-state index in [0.29, 0.717) is 18.0 Å². The molecule has 0 unspecified atom stereocenters. The third-order valence-corrected chi connectivity index (χ3v) is 3.28. The fourth-order valence-electron chi connectivity index (χ4n) is 2.16. The number of amides is 1. The van der Waals surface area contributed by atoms with Crippen molar-refractivity contribution < 1.29 is 4.79 Å². The number of nitrogens with one attached hydrogen (secondary N) is 2. The highest BCUT2D eigenvalue weighted by Gasteiger charge is 2.03. The van der Waals surface area contributed by atoms with Crippen molar-refractivity contribution in [1.29, 1.82) is 0 Å². The Morgan fingerprint density at radius 2 is 1.62 bits per heavy atom. The average molecular weight is 303 g/mol. The minimum atomic E-state index is 0.00136. The molecular weight excluding hydrogens is 284 g/mol. The number of anilines is 2. The Balaban J connectivity index is 1.80. The maximum atomic E-state index is 11.9. The Morgan fingerprint density at radius 3 is 2.24 bits per heavy atom. The first-order valence-corrected chi connectivity index (χ1v) is 7.28. The molecule has 0 aliphatic heterocycles. The van der Waals surface area contributed by atoms with Gasteiger partial charge < -0.3 is 10.6 Å². The third kappa shape index (κ3) is 5.12. The number of carbonyl (C=O) groups excluding carboxylic acids is 1. The van der Waals surface area contributed by atoms with Crippen molar-refractivity contribution in [3.8, 4) is 0 Å². The van der Waals surface area contributed by atoms with Crippen LogP contribution in [0.5, 0.6) is 0 Å². The molecule has 2 N–H and O–H groups in total. The lowest BCUT2D eigenvalue weighted by atomic mass is 10.1. The zero-order valence-electron chi connectivity index (χ0n) is 12.2. The van der Waals surface area contributed by atoms with E-state index in [1.165, 1.54) is 0 Å². The number of hydrogen-bond acceptors (Lipinski definition) is 2. The summed E-state index contributed by atoms with van der Waals surface area (Å²) in [5.74, 6) is 0.00136. The molecule has 21 heavy (non-hydrogen) atoms. The first-order valence-electron chi connectivity index (χ1n) is 6.90. The number of halogens is 1. The van der Waals surface area contributed by atoms with E-state index in [1.54, 1.807) is 0 Å². The Morgan fingerprint density at radius 1 is 1.00 bits per heavy atom. The molecule has 0 saturated heterocycles. The number of rotatable bonds is 5. The first kappa shape index (κ1) is 15.4. The SMILES string of the molecule is Cc1cc(C)cc(NC(=O)CCNc2ccc(Cl)cc2)c1. The topological polar surface area (TPSA) is 41.1 Å². The van der Waals surface area contributed by atoms with Crippen molar-refractivity contribution in [2.45, 2.75) is 20.3 Å². The molecule has 0 aliphatic carbocycles. The molecule has 2 rings (SSSR count). The van der Waals surface area contributed by atoms with Crippen LogP contribution in [0.15, 0.2) is 42.5 Å². The van der Waals surface area contributed by atoms with Crippen LogP contribution in [0, 0.1) is 13.8 Å². The predicted octanol–water partition coefficient (Wildman–Crippen LogP) is 4.40. The molecule has 0 radical (unpaired) electrons. The van der Waals surface area contributed by atoms with Crippen molar-refractivity contribution in [3.63, 3.8) is 0 Å². The van der Waals surface area contributed by atoms with Crippen LogP contribution in [0.25, 0.3) is 0 Å². The summed E-state index contributed by atoms with van der Waals surface area (Å²) in [5.41, 5.74) is 4.09. The highest BCUT2D eigenvalue weighted by atomic mass is 35.5. The van der Waals surface area contributed by atoms with Gasteiger partial charge in [-0.2, -0.15) is 0 Å². The predicted molar refractivity (Wildman–Crippen MR) is 89.1 cm³/mol. The minimum Gasteiger partial charge on any atom is -0.385 e. The Kier molecular flexibility index (Phi) is 5.23. The molecule has 0 aliphatic rings. The lowest BCUT2D eigenvalue weighted by Gasteiger charge is -2.09. The van der Waals surface area contributed by atoms with E-state index in [1.807, 2.05) is 50.2 Å². The van der Waals surface area contributed by atoms with Crippen LogP contribution in [0.4, 0.5) is 11.4 Å². The summed E-state index contributed by atoms with van der Waals surface area (Å²) in [7, 11) is 0. The van der Waals surface area contributed by atoms with E-state index in [9.17, 15) is 4.79 Å². The Bertz CT molecular complexity index is 603. The zero-order chi connectivity index (χ0) is 15.2. The molecule has 0 heterocycles. The van der Waals surface area contributed by atoms with Gasteiger partial charge in [0.2, 0.25) is 5.91 Å². The summed E-state index contributed by atoms with van der Waals surface area (Å²) in [4.78, 5) is 11.9. The quantitative estimate of drug-likeness (QED) is 0.859. The second-order valence-electron chi connectivity index (χ2n) is 5.11. The fourth-order valence-corrected chi connectivity index (χ4v) is 2.28. The molecule has 0 aromatic heterocycles. The fraction of sp³-hybridized carbons (Fsp3) is 0.235. The van der Waals surface area contributed by atoms with Crippen molar-refractivity contribution in [1.82, 2.24) is 0 Å². The molecule has 4 heteroatoms. The third-order valence-electron chi connectivity index (χ3n) is 3.03. The smallest absolute Gasteiger partial charge is 0.226 e. The molecule has 0 saturated carbocycles. The van der Waals surface area contributed by atoms with Gasteiger partial charge in [-0.3, -0.25) is 4.79 Å². The van der Waals surface area contributed by atoms with E-state index in [4.69, 9.17) is 11.6 Å². The van der Waals surface area contributed by atoms with Gasteiger partial charge in [0.05, 0.1) is 0 Å². The van der Waals surface area contributed by atoms with Crippen LogP contribution in [0.3, 0.4) is 0 Å². The van der Waals surface area contributed by atoms with Crippen molar-refractivity contribution in [3.05, 3.63) is 58.6 Å². The lowest BCUT2D eigenvalue weighted by Crippen LogP contribution is -2.16. The maximum absolute atomic E-state index is 11.9. The van der Waals surface area contributed by atoms with Crippen molar-refractivity contribution in [2.75, 3.05) is 17.2 Å². The van der Waals surface area contributed by atoms with Gasteiger partial charge >= 0.3 is 0 Å². The van der Waals surface area contributed by atoms with Crippen molar-refractivity contribution >= 4 is 28.9 Å². The van der Waals surface area contributed by atoms with Gasteiger partial charge in [0.25, 0.3) is 0 Å². The standard InChI is InChI=1S/C17H19ClN2O/c1-12-9-13(2)11-16(10-12)20-17(21)7-8-19-15-5-3-14(18)4-6-15/h3-6,9-11,19H,7-8H2,1-2H3,(H,20,21). The van der Waals surface area contributed by atoms with Crippen LogP contribution in [0.2, 0.25) is 5.02 Å². The molecular formula is C17H19ClN2O. The number of benzene rings is 2.